The van der Waals surface area contributed by atoms with E-state index in [1.165, 1.54) is 10.4 Å². The molecule has 0 aliphatic carbocycles. The fourth-order valence-electron chi connectivity index (χ4n) is 2.14. The number of aromatic nitrogens is 4. The van der Waals surface area contributed by atoms with Gasteiger partial charge in [0.25, 0.3) is 0 Å². The van der Waals surface area contributed by atoms with Gasteiger partial charge in [-0.1, -0.05) is 30.3 Å². The number of hydrogen-bond acceptors (Lipinski definition) is 5. The Labute approximate surface area is 124 Å². The lowest BCUT2D eigenvalue weighted by atomic mass is 10.2. The zero-order chi connectivity index (χ0) is 14.1. The van der Waals surface area contributed by atoms with E-state index in [2.05, 4.69) is 43.7 Å². The molecule has 0 fully saturated rings. The van der Waals surface area contributed by atoms with Gasteiger partial charge in [0.2, 0.25) is 0 Å². The molecule has 0 atom stereocenters. The minimum absolute atomic E-state index is 0.788. The highest BCUT2D eigenvalue weighted by molar-refractivity contribution is 7.22. The van der Waals surface area contributed by atoms with Gasteiger partial charge in [0.1, 0.15) is 12.1 Å². The van der Waals surface area contributed by atoms with Crippen LogP contribution in [0.1, 0.15) is 0 Å². The summed E-state index contributed by atoms with van der Waals surface area (Å²) in [5.41, 5.74) is 2.13. The fourth-order valence-corrected chi connectivity index (χ4v) is 3.20. The first-order valence-electron chi connectivity index (χ1n) is 6.46. The van der Waals surface area contributed by atoms with Crippen molar-refractivity contribution >= 4 is 33.2 Å². The molecule has 0 amide bonds. The van der Waals surface area contributed by atoms with Crippen LogP contribution in [0.3, 0.4) is 0 Å². The van der Waals surface area contributed by atoms with Gasteiger partial charge in [-0.15, -0.1) is 11.3 Å². The van der Waals surface area contributed by atoms with Gasteiger partial charge in [0, 0.05) is 10.9 Å². The van der Waals surface area contributed by atoms with Crippen molar-refractivity contribution in [2.24, 2.45) is 0 Å². The highest BCUT2D eigenvalue weighted by atomic mass is 32.1. The molecule has 0 radical (unpaired) electrons. The highest BCUT2D eigenvalue weighted by Crippen LogP contribution is 2.36. The zero-order valence-corrected chi connectivity index (χ0v) is 11.8. The predicted octanol–water partition coefficient (Wildman–Crippen LogP) is 3.83. The zero-order valence-electron chi connectivity index (χ0n) is 10.9. The number of H-pyrrole nitrogens is 1. The first kappa shape index (κ1) is 12.0. The van der Waals surface area contributed by atoms with Gasteiger partial charge in [-0.3, -0.25) is 5.10 Å². The molecule has 21 heavy (non-hydrogen) atoms. The summed E-state index contributed by atoms with van der Waals surface area (Å²) in [5, 5.41) is 10.0. The lowest BCUT2D eigenvalue weighted by Gasteiger charge is -2.02. The van der Waals surface area contributed by atoms with Crippen LogP contribution < -0.4 is 5.32 Å². The van der Waals surface area contributed by atoms with Gasteiger partial charge in [0.05, 0.1) is 16.4 Å². The molecule has 0 aliphatic heterocycles. The van der Waals surface area contributed by atoms with E-state index in [4.69, 9.17) is 0 Å². The van der Waals surface area contributed by atoms with Crippen molar-refractivity contribution in [3.63, 3.8) is 0 Å². The van der Waals surface area contributed by atoms with Crippen LogP contribution in [0.2, 0.25) is 0 Å². The maximum Gasteiger partial charge on any atom is 0.152 e. The Morgan fingerprint density at radius 3 is 2.76 bits per heavy atom. The van der Waals surface area contributed by atoms with Crippen molar-refractivity contribution in [3.8, 4) is 10.4 Å². The first-order chi connectivity index (χ1) is 10.4. The second kappa shape index (κ2) is 4.99. The molecular weight excluding hydrogens is 282 g/mol. The normalized spacial score (nSPS) is 10.9. The van der Waals surface area contributed by atoms with Crippen LogP contribution in [0, 0.1) is 0 Å². The Morgan fingerprint density at radius 1 is 1.05 bits per heavy atom. The minimum atomic E-state index is 0.788. The van der Waals surface area contributed by atoms with E-state index in [9.17, 15) is 0 Å². The summed E-state index contributed by atoms with van der Waals surface area (Å²) in [6.07, 6.45) is 3.27. The molecule has 0 unspecified atom stereocenters. The summed E-state index contributed by atoms with van der Waals surface area (Å²) in [6.45, 7) is 0. The largest absolute Gasteiger partial charge is 0.324 e. The van der Waals surface area contributed by atoms with E-state index in [1.807, 2.05) is 24.3 Å². The third-order valence-corrected chi connectivity index (χ3v) is 4.30. The Bertz CT molecular complexity index is 868. The molecule has 0 saturated heterocycles. The number of nitrogens with zero attached hydrogens (tertiary/aromatic N) is 3. The second-order valence-electron chi connectivity index (χ2n) is 4.51. The van der Waals surface area contributed by atoms with Gasteiger partial charge in [-0.05, 0) is 11.6 Å². The summed E-state index contributed by atoms with van der Waals surface area (Å²) >= 11 is 1.68. The van der Waals surface area contributed by atoms with Crippen LogP contribution in [-0.2, 0) is 0 Å². The molecule has 3 heterocycles. The molecular formula is C15H11N5S. The van der Waals surface area contributed by atoms with Crippen molar-refractivity contribution in [1.29, 1.82) is 0 Å². The minimum Gasteiger partial charge on any atom is -0.324 e. The number of anilines is 2. The van der Waals surface area contributed by atoms with E-state index in [1.54, 1.807) is 23.9 Å². The number of thiophene rings is 1. The first-order valence-corrected chi connectivity index (χ1v) is 7.28. The van der Waals surface area contributed by atoms with Crippen molar-refractivity contribution in [3.05, 3.63) is 55.0 Å². The summed E-state index contributed by atoms with van der Waals surface area (Å²) < 4.78 is 1.03. The Balaban J connectivity index is 1.81. The molecule has 1 aromatic carbocycles. The van der Waals surface area contributed by atoms with Crippen LogP contribution >= 0.6 is 11.3 Å². The van der Waals surface area contributed by atoms with Gasteiger partial charge < -0.3 is 5.32 Å². The Hall–Kier alpha value is -2.73. The third-order valence-electron chi connectivity index (χ3n) is 3.12. The number of fused-ring (bicyclic) bond motifs is 1. The van der Waals surface area contributed by atoms with Crippen LogP contribution in [0.25, 0.3) is 20.7 Å². The molecule has 0 saturated carbocycles. The fraction of sp³-hybridized carbons (Fsp3) is 0. The maximum atomic E-state index is 4.35. The molecule has 4 aromatic rings. The quantitative estimate of drug-likeness (QED) is 0.602. The average molecular weight is 293 g/mol. The van der Waals surface area contributed by atoms with Gasteiger partial charge in [-0.25, -0.2) is 9.97 Å². The molecule has 102 valence electrons. The standard InChI is InChI=1S/C15H11N5S/c1-2-4-10(5-3-1)12-8-11-14(21-12)15(17-9-16-11)19-13-6-7-18-20-13/h1-9H,(H2,16,17,18,19,20). The van der Waals surface area contributed by atoms with E-state index in [-0.39, 0.29) is 0 Å². The Kier molecular flexibility index (Phi) is 2.86. The Morgan fingerprint density at radius 2 is 1.95 bits per heavy atom. The number of aromatic amines is 1. The number of nitrogens with one attached hydrogen (secondary N) is 2. The number of benzene rings is 1. The number of hydrogen-bond donors (Lipinski definition) is 2. The molecule has 3 aromatic heterocycles. The van der Waals surface area contributed by atoms with Crippen LogP contribution in [0.5, 0.6) is 0 Å². The summed E-state index contributed by atoms with van der Waals surface area (Å²) in [4.78, 5) is 9.86. The van der Waals surface area contributed by atoms with E-state index in [0.717, 1.165) is 21.9 Å². The van der Waals surface area contributed by atoms with E-state index in [0.29, 0.717) is 0 Å². The SMILES string of the molecule is c1ccc(-c2cc3ncnc(Nc4ccn[nH]4)c3s2)cc1. The second-order valence-corrected chi connectivity index (χ2v) is 5.56. The van der Waals surface area contributed by atoms with Crippen molar-refractivity contribution < 1.29 is 0 Å². The van der Waals surface area contributed by atoms with E-state index < -0.39 is 0 Å². The average Bonchev–Trinajstić information content (AvgIpc) is 3.17. The maximum absolute atomic E-state index is 4.35. The molecule has 6 heteroatoms. The van der Waals surface area contributed by atoms with Crippen LogP contribution in [0.15, 0.2) is 55.0 Å². The molecule has 5 nitrogen and oxygen atoms in total. The van der Waals surface area contributed by atoms with Gasteiger partial charge >= 0.3 is 0 Å². The summed E-state index contributed by atoms with van der Waals surface area (Å²) in [5.74, 6) is 1.60. The number of rotatable bonds is 3. The summed E-state index contributed by atoms with van der Waals surface area (Å²) in [7, 11) is 0. The highest BCUT2D eigenvalue weighted by Gasteiger charge is 2.10. The van der Waals surface area contributed by atoms with Gasteiger partial charge in [-0.2, -0.15) is 5.10 Å². The molecule has 0 spiro atoms. The molecule has 0 bridgehead atoms. The lowest BCUT2D eigenvalue weighted by Crippen LogP contribution is -1.94. The molecule has 4 rings (SSSR count). The van der Waals surface area contributed by atoms with Crippen molar-refractivity contribution in [1.82, 2.24) is 20.2 Å². The predicted molar refractivity (Wildman–Crippen MR) is 84.7 cm³/mol. The molecule has 2 N–H and O–H groups in total. The van der Waals surface area contributed by atoms with Crippen LogP contribution in [-0.4, -0.2) is 20.2 Å². The lowest BCUT2D eigenvalue weighted by molar-refractivity contribution is 1.09. The van der Waals surface area contributed by atoms with Gasteiger partial charge in [0.15, 0.2) is 5.82 Å². The van der Waals surface area contributed by atoms with Crippen molar-refractivity contribution in [2.75, 3.05) is 5.32 Å². The molecule has 0 aliphatic rings. The third kappa shape index (κ3) is 2.25. The van der Waals surface area contributed by atoms with Crippen LogP contribution in [0.4, 0.5) is 11.6 Å². The smallest absolute Gasteiger partial charge is 0.152 e. The van der Waals surface area contributed by atoms with Crippen molar-refractivity contribution in [2.45, 2.75) is 0 Å². The topological polar surface area (TPSA) is 66.5 Å². The monoisotopic (exact) mass is 293 g/mol. The summed E-state index contributed by atoms with van der Waals surface area (Å²) in [6, 6.07) is 14.2. The van der Waals surface area contributed by atoms with E-state index >= 15 is 0 Å².